The normalized spacial score (nSPS) is 18.4. The number of nitrogens with two attached hydrogens (primary N) is 1. The van der Waals surface area contributed by atoms with Gasteiger partial charge in [-0.15, -0.1) is 0 Å². The largest absolute Gasteiger partial charge is 0.497 e. The highest BCUT2D eigenvalue weighted by atomic mass is 16.5. The molecule has 1 saturated heterocycles. The summed E-state index contributed by atoms with van der Waals surface area (Å²) in [4.78, 5) is 13.2. The van der Waals surface area contributed by atoms with E-state index in [1.165, 1.54) is 0 Å². The van der Waals surface area contributed by atoms with Crippen LogP contribution in [0.5, 0.6) is 5.75 Å². The van der Waals surface area contributed by atoms with Crippen LogP contribution in [0.3, 0.4) is 0 Å². The number of carbonyl (C=O) groups is 1. The zero-order chi connectivity index (χ0) is 14.4. The number of hydrogen-bond acceptors (Lipinski definition) is 4. The fourth-order valence-corrected chi connectivity index (χ4v) is 2.51. The topological polar surface area (TPSA) is 64.8 Å². The summed E-state index contributed by atoms with van der Waals surface area (Å²) in [5, 5.41) is 0. The molecule has 0 aromatic heterocycles. The van der Waals surface area contributed by atoms with E-state index in [9.17, 15) is 4.79 Å². The van der Waals surface area contributed by atoms with E-state index in [-0.39, 0.29) is 18.6 Å². The Labute approximate surface area is 119 Å². The number of benzene rings is 1. The highest BCUT2D eigenvalue weighted by Crippen LogP contribution is 2.17. The standard InChI is InChI=1S/C15H22N2O3/c1-19-13-5-2-4-12(8-13)9-17(11-15(16)18)10-14-6-3-7-20-14/h2,4-5,8,14H,3,6-7,9-11H2,1H3,(H2,16,18)/t14-/m0/s1. The molecule has 5 nitrogen and oxygen atoms in total. The minimum absolute atomic E-state index is 0.208. The van der Waals surface area contributed by atoms with Gasteiger partial charge in [-0.3, -0.25) is 9.69 Å². The molecular weight excluding hydrogens is 256 g/mol. The third-order valence-electron chi connectivity index (χ3n) is 3.41. The van der Waals surface area contributed by atoms with Crippen molar-refractivity contribution in [3.05, 3.63) is 29.8 Å². The Morgan fingerprint density at radius 1 is 1.55 bits per heavy atom. The fraction of sp³-hybridized carbons (Fsp3) is 0.533. The fourth-order valence-electron chi connectivity index (χ4n) is 2.51. The van der Waals surface area contributed by atoms with Crippen LogP contribution in [0, 0.1) is 0 Å². The lowest BCUT2D eigenvalue weighted by Crippen LogP contribution is -2.38. The van der Waals surface area contributed by atoms with Gasteiger partial charge in [0.05, 0.1) is 19.8 Å². The molecule has 20 heavy (non-hydrogen) atoms. The van der Waals surface area contributed by atoms with Crippen molar-refractivity contribution in [2.24, 2.45) is 5.73 Å². The molecule has 2 N–H and O–H groups in total. The van der Waals surface area contributed by atoms with Crippen LogP contribution in [0.4, 0.5) is 0 Å². The molecule has 1 aromatic rings. The first-order valence-corrected chi connectivity index (χ1v) is 6.92. The maximum atomic E-state index is 11.2. The Balaban J connectivity index is 1.99. The molecule has 0 spiro atoms. The Hall–Kier alpha value is -1.59. The molecule has 5 heteroatoms. The third-order valence-corrected chi connectivity index (χ3v) is 3.41. The van der Waals surface area contributed by atoms with Gasteiger partial charge in [0, 0.05) is 19.7 Å². The van der Waals surface area contributed by atoms with Gasteiger partial charge in [0.1, 0.15) is 5.75 Å². The quantitative estimate of drug-likeness (QED) is 0.813. The van der Waals surface area contributed by atoms with Gasteiger partial charge < -0.3 is 15.2 Å². The number of carbonyl (C=O) groups excluding carboxylic acids is 1. The number of ether oxygens (including phenoxy) is 2. The van der Waals surface area contributed by atoms with E-state index >= 15 is 0 Å². The maximum absolute atomic E-state index is 11.2. The van der Waals surface area contributed by atoms with Crippen LogP contribution < -0.4 is 10.5 Å². The molecule has 0 aliphatic carbocycles. The summed E-state index contributed by atoms with van der Waals surface area (Å²) >= 11 is 0. The van der Waals surface area contributed by atoms with E-state index in [2.05, 4.69) is 0 Å². The Morgan fingerprint density at radius 2 is 2.40 bits per heavy atom. The van der Waals surface area contributed by atoms with Crippen LogP contribution in [0.2, 0.25) is 0 Å². The number of methoxy groups -OCH3 is 1. The smallest absolute Gasteiger partial charge is 0.231 e. The summed E-state index contributed by atoms with van der Waals surface area (Å²) in [5.74, 6) is 0.504. The Kier molecular flexibility index (Phi) is 5.38. The van der Waals surface area contributed by atoms with Crippen molar-refractivity contribution in [1.82, 2.24) is 4.90 Å². The lowest BCUT2D eigenvalue weighted by atomic mass is 10.1. The molecular formula is C15H22N2O3. The number of hydrogen-bond donors (Lipinski definition) is 1. The van der Waals surface area contributed by atoms with Gasteiger partial charge in [0.2, 0.25) is 5.91 Å². The first-order valence-electron chi connectivity index (χ1n) is 6.92. The average Bonchev–Trinajstić information content (AvgIpc) is 2.91. The van der Waals surface area contributed by atoms with Gasteiger partial charge in [0.25, 0.3) is 0 Å². The number of rotatable bonds is 7. The molecule has 0 saturated carbocycles. The SMILES string of the molecule is COc1cccc(CN(CC(N)=O)C[C@@H]2CCCO2)c1. The highest BCUT2D eigenvalue weighted by molar-refractivity contribution is 5.75. The van der Waals surface area contributed by atoms with Crippen LogP contribution >= 0.6 is 0 Å². The molecule has 1 fully saturated rings. The molecule has 0 radical (unpaired) electrons. The third kappa shape index (κ3) is 4.51. The molecule has 1 heterocycles. The van der Waals surface area contributed by atoms with Crippen LogP contribution in [0.1, 0.15) is 18.4 Å². The molecule has 1 amide bonds. The van der Waals surface area contributed by atoms with Crippen molar-refractivity contribution in [3.8, 4) is 5.75 Å². The maximum Gasteiger partial charge on any atom is 0.231 e. The monoisotopic (exact) mass is 278 g/mol. The van der Waals surface area contributed by atoms with Gasteiger partial charge in [0.15, 0.2) is 0 Å². The zero-order valence-electron chi connectivity index (χ0n) is 11.9. The van der Waals surface area contributed by atoms with Crippen molar-refractivity contribution >= 4 is 5.91 Å². The number of amides is 1. The number of nitrogens with zero attached hydrogens (tertiary/aromatic N) is 1. The summed E-state index contributed by atoms with van der Waals surface area (Å²) in [6, 6.07) is 7.85. The zero-order valence-corrected chi connectivity index (χ0v) is 11.9. The molecule has 0 unspecified atom stereocenters. The molecule has 2 rings (SSSR count). The van der Waals surface area contributed by atoms with Crippen LogP contribution in [-0.4, -0.2) is 43.7 Å². The lowest BCUT2D eigenvalue weighted by Gasteiger charge is -2.24. The van der Waals surface area contributed by atoms with Crippen LogP contribution in [0.25, 0.3) is 0 Å². The lowest BCUT2D eigenvalue weighted by molar-refractivity contribution is -0.119. The molecule has 0 bridgehead atoms. The van der Waals surface area contributed by atoms with Crippen LogP contribution in [-0.2, 0) is 16.1 Å². The minimum atomic E-state index is -0.314. The second kappa shape index (κ2) is 7.26. The van der Waals surface area contributed by atoms with E-state index < -0.39 is 0 Å². The second-order valence-electron chi connectivity index (χ2n) is 5.12. The summed E-state index contributed by atoms with van der Waals surface area (Å²) in [7, 11) is 1.65. The van der Waals surface area contributed by atoms with E-state index in [0.29, 0.717) is 6.54 Å². The van der Waals surface area contributed by atoms with E-state index in [4.69, 9.17) is 15.2 Å². The first-order chi connectivity index (χ1) is 9.67. The predicted octanol–water partition coefficient (Wildman–Crippen LogP) is 1.16. The summed E-state index contributed by atoms with van der Waals surface area (Å²) < 4.78 is 10.8. The van der Waals surface area contributed by atoms with E-state index in [1.807, 2.05) is 29.2 Å². The Morgan fingerprint density at radius 3 is 3.05 bits per heavy atom. The molecule has 1 aliphatic rings. The minimum Gasteiger partial charge on any atom is -0.497 e. The van der Waals surface area contributed by atoms with Crippen molar-refractivity contribution in [2.45, 2.75) is 25.5 Å². The van der Waals surface area contributed by atoms with Crippen molar-refractivity contribution < 1.29 is 14.3 Å². The molecule has 1 atom stereocenters. The predicted molar refractivity (Wildman–Crippen MR) is 76.4 cm³/mol. The van der Waals surface area contributed by atoms with E-state index in [0.717, 1.165) is 37.3 Å². The number of primary amides is 1. The second-order valence-corrected chi connectivity index (χ2v) is 5.12. The summed E-state index contributed by atoms with van der Waals surface area (Å²) in [5.41, 5.74) is 6.43. The van der Waals surface area contributed by atoms with Crippen molar-refractivity contribution in [3.63, 3.8) is 0 Å². The van der Waals surface area contributed by atoms with Gasteiger partial charge in [-0.2, -0.15) is 0 Å². The van der Waals surface area contributed by atoms with E-state index in [1.54, 1.807) is 7.11 Å². The average molecular weight is 278 g/mol. The summed E-state index contributed by atoms with van der Waals surface area (Å²) in [6.45, 7) is 2.46. The van der Waals surface area contributed by atoms with Gasteiger partial charge in [-0.05, 0) is 30.5 Å². The van der Waals surface area contributed by atoms with Crippen LogP contribution in [0.15, 0.2) is 24.3 Å². The van der Waals surface area contributed by atoms with Crippen molar-refractivity contribution in [1.29, 1.82) is 0 Å². The Bertz CT molecular complexity index is 444. The molecule has 1 aliphatic heterocycles. The van der Waals surface area contributed by atoms with Crippen molar-refractivity contribution in [2.75, 3.05) is 26.8 Å². The first kappa shape index (κ1) is 14.8. The van der Waals surface area contributed by atoms with Gasteiger partial charge in [-0.1, -0.05) is 12.1 Å². The summed E-state index contributed by atoms with van der Waals surface area (Å²) in [6.07, 6.45) is 2.35. The highest BCUT2D eigenvalue weighted by Gasteiger charge is 2.20. The molecule has 110 valence electrons. The van der Waals surface area contributed by atoms with Gasteiger partial charge >= 0.3 is 0 Å². The van der Waals surface area contributed by atoms with Gasteiger partial charge in [-0.25, -0.2) is 0 Å². The molecule has 1 aromatic carbocycles.